The molecule has 2 aromatic rings. The van der Waals surface area contributed by atoms with E-state index in [1.165, 1.54) is 32.5 Å². The number of hydrogen-bond acceptors (Lipinski definition) is 7. The standard InChI is InChI=1S/C14H17N2O6P/c1-20-12-6-11(7-13(21-2)14(12)17)22-23(18,19)9-16-10-4-3-5-15-8-10/h3-8,16-17H,9H2,1-2H3,(H,18,19). The number of phenols is 1. The van der Waals surface area contributed by atoms with Crippen molar-refractivity contribution in [1.29, 1.82) is 0 Å². The quantitative estimate of drug-likeness (QED) is 0.659. The molecule has 9 heteroatoms. The van der Waals surface area contributed by atoms with Crippen molar-refractivity contribution in [2.75, 3.05) is 25.8 Å². The van der Waals surface area contributed by atoms with E-state index < -0.39 is 7.60 Å². The van der Waals surface area contributed by atoms with Crippen molar-refractivity contribution in [1.82, 2.24) is 4.98 Å². The molecule has 0 spiro atoms. The smallest absolute Gasteiger partial charge is 0.395 e. The van der Waals surface area contributed by atoms with Crippen LogP contribution in [0.2, 0.25) is 0 Å². The molecule has 1 unspecified atom stereocenters. The van der Waals surface area contributed by atoms with Crippen LogP contribution in [-0.4, -0.2) is 35.5 Å². The Hall–Kier alpha value is -2.44. The van der Waals surface area contributed by atoms with E-state index in [1.54, 1.807) is 18.3 Å². The van der Waals surface area contributed by atoms with Gasteiger partial charge in [0.25, 0.3) is 0 Å². The second-order valence-electron chi connectivity index (χ2n) is 4.48. The van der Waals surface area contributed by atoms with Crippen LogP contribution in [0.5, 0.6) is 23.0 Å². The third-order valence-corrected chi connectivity index (χ3v) is 3.90. The predicted molar refractivity (Wildman–Crippen MR) is 84.4 cm³/mol. The fraction of sp³-hybridized carbons (Fsp3) is 0.214. The van der Waals surface area contributed by atoms with Gasteiger partial charge >= 0.3 is 7.60 Å². The number of nitrogens with one attached hydrogen (secondary N) is 1. The molecule has 0 aliphatic carbocycles. The highest BCUT2D eigenvalue weighted by molar-refractivity contribution is 7.53. The van der Waals surface area contributed by atoms with Gasteiger partial charge in [-0.15, -0.1) is 0 Å². The fourth-order valence-electron chi connectivity index (χ4n) is 1.78. The zero-order chi connectivity index (χ0) is 16.9. The third-order valence-electron chi connectivity index (χ3n) is 2.85. The van der Waals surface area contributed by atoms with E-state index in [0.29, 0.717) is 5.69 Å². The van der Waals surface area contributed by atoms with Gasteiger partial charge in [0.1, 0.15) is 12.0 Å². The molecule has 0 fully saturated rings. The summed E-state index contributed by atoms with van der Waals surface area (Å²) in [6.07, 6.45) is 2.80. The first-order chi connectivity index (χ1) is 10.9. The Kier molecular flexibility index (Phi) is 5.31. The van der Waals surface area contributed by atoms with Gasteiger partial charge in [-0.05, 0) is 12.1 Å². The molecule has 0 amide bonds. The Bertz CT molecular complexity index is 685. The number of benzene rings is 1. The van der Waals surface area contributed by atoms with Crippen molar-refractivity contribution in [3.8, 4) is 23.0 Å². The van der Waals surface area contributed by atoms with Crippen LogP contribution in [0, 0.1) is 0 Å². The second-order valence-corrected chi connectivity index (χ2v) is 6.26. The van der Waals surface area contributed by atoms with Crippen molar-refractivity contribution in [3.63, 3.8) is 0 Å². The molecule has 23 heavy (non-hydrogen) atoms. The van der Waals surface area contributed by atoms with Crippen molar-refractivity contribution >= 4 is 13.3 Å². The SMILES string of the molecule is COc1cc(OP(=O)(O)CNc2cccnc2)cc(OC)c1O. The molecule has 3 N–H and O–H groups in total. The van der Waals surface area contributed by atoms with Crippen LogP contribution in [-0.2, 0) is 4.57 Å². The van der Waals surface area contributed by atoms with Gasteiger partial charge in [-0.1, -0.05) is 0 Å². The Morgan fingerprint density at radius 2 is 1.91 bits per heavy atom. The number of nitrogens with zero attached hydrogens (tertiary/aromatic N) is 1. The summed E-state index contributed by atoms with van der Waals surface area (Å²) >= 11 is 0. The van der Waals surface area contributed by atoms with Gasteiger partial charge in [-0.3, -0.25) is 4.98 Å². The van der Waals surface area contributed by atoms with Crippen molar-refractivity contribution in [2.24, 2.45) is 0 Å². The lowest BCUT2D eigenvalue weighted by molar-refractivity contribution is 0.334. The van der Waals surface area contributed by atoms with Gasteiger partial charge in [0.05, 0.1) is 19.9 Å². The summed E-state index contributed by atoms with van der Waals surface area (Å²) < 4.78 is 27.2. The van der Waals surface area contributed by atoms with Crippen molar-refractivity contribution in [2.45, 2.75) is 0 Å². The summed E-state index contributed by atoms with van der Waals surface area (Å²) in [6.45, 7) is 0. The first-order valence-corrected chi connectivity index (χ1v) is 8.32. The van der Waals surface area contributed by atoms with E-state index in [-0.39, 0.29) is 29.3 Å². The maximum atomic E-state index is 12.1. The summed E-state index contributed by atoms with van der Waals surface area (Å²) in [7, 11) is -1.29. The Balaban J connectivity index is 2.12. The molecule has 0 aliphatic heterocycles. The third kappa shape index (κ3) is 4.51. The van der Waals surface area contributed by atoms with Crippen molar-refractivity contribution < 1.29 is 28.6 Å². The Morgan fingerprint density at radius 3 is 2.43 bits per heavy atom. The van der Waals surface area contributed by atoms with Crippen LogP contribution in [0.4, 0.5) is 5.69 Å². The van der Waals surface area contributed by atoms with Gasteiger partial charge < -0.3 is 29.3 Å². The summed E-state index contributed by atoms with van der Waals surface area (Å²) in [4.78, 5) is 13.8. The van der Waals surface area contributed by atoms with Gasteiger partial charge in [-0.2, -0.15) is 0 Å². The van der Waals surface area contributed by atoms with Gasteiger partial charge in [0.2, 0.25) is 5.75 Å². The zero-order valence-corrected chi connectivity index (χ0v) is 13.5. The molecule has 0 saturated carbocycles. The minimum absolute atomic E-state index is 0.0373. The topological polar surface area (TPSA) is 110 Å². The van der Waals surface area contributed by atoms with E-state index in [1.807, 2.05) is 0 Å². The highest BCUT2D eigenvalue weighted by Gasteiger charge is 2.23. The van der Waals surface area contributed by atoms with Crippen LogP contribution in [0.25, 0.3) is 0 Å². The minimum atomic E-state index is -3.99. The lowest BCUT2D eigenvalue weighted by atomic mass is 10.3. The normalized spacial score (nSPS) is 13.0. The highest BCUT2D eigenvalue weighted by Crippen LogP contribution is 2.47. The number of ether oxygens (including phenoxy) is 2. The number of anilines is 1. The van der Waals surface area contributed by atoms with E-state index in [4.69, 9.17) is 14.0 Å². The number of phenolic OH excluding ortho intramolecular Hbond substituents is 1. The average molecular weight is 340 g/mol. The first-order valence-electron chi connectivity index (χ1n) is 6.55. The van der Waals surface area contributed by atoms with E-state index in [9.17, 15) is 14.6 Å². The monoisotopic (exact) mass is 340 g/mol. The molecule has 0 aliphatic rings. The second kappa shape index (κ2) is 7.21. The summed E-state index contributed by atoms with van der Waals surface area (Å²) in [5, 5.41) is 12.6. The van der Waals surface area contributed by atoms with Crippen LogP contribution < -0.4 is 19.3 Å². The van der Waals surface area contributed by atoms with E-state index in [2.05, 4.69) is 10.3 Å². The molecule has 1 aromatic heterocycles. The molecule has 124 valence electrons. The predicted octanol–water partition coefficient (Wildman–Crippen LogP) is 2.44. The molecular formula is C14H17N2O6P. The number of rotatable bonds is 7. The number of aromatic nitrogens is 1. The number of methoxy groups -OCH3 is 2. The zero-order valence-electron chi connectivity index (χ0n) is 12.6. The summed E-state index contributed by atoms with van der Waals surface area (Å²) in [5.74, 6) is -0.0435. The maximum absolute atomic E-state index is 12.1. The van der Waals surface area contributed by atoms with E-state index in [0.717, 1.165) is 0 Å². The largest absolute Gasteiger partial charge is 0.502 e. The van der Waals surface area contributed by atoms with E-state index >= 15 is 0 Å². The van der Waals surface area contributed by atoms with Crippen LogP contribution >= 0.6 is 7.60 Å². The fourth-order valence-corrected chi connectivity index (χ4v) is 2.66. The molecule has 0 radical (unpaired) electrons. The Labute approximate surface area is 133 Å². The Morgan fingerprint density at radius 1 is 1.26 bits per heavy atom. The number of aromatic hydroxyl groups is 1. The maximum Gasteiger partial charge on any atom is 0.395 e. The molecule has 2 rings (SSSR count). The molecule has 1 heterocycles. The molecule has 8 nitrogen and oxygen atoms in total. The van der Waals surface area contributed by atoms with Crippen LogP contribution in [0.15, 0.2) is 36.7 Å². The molecule has 1 aromatic carbocycles. The summed E-state index contributed by atoms with van der Waals surface area (Å²) in [6, 6.07) is 6.00. The first kappa shape index (κ1) is 16.9. The lowest BCUT2D eigenvalue weighted by Crippen LogP contribution is -2.07. The molecular weight excluding hydrogens is 323 g/mol. The van der Waals surface area contributed by atoms with Crippen molar-refractivity contribution in [3.05, 3.63) is 36.7 Å². The number of pyridine rings is 1. The summed E-state index contributed by atoms with van der Waals surface area (Å²) in [5.41, 5.74) is 0.589. The van der Waals surface area contributed by atoms with Crippen LogP contribution in [0.3, 0.4) is 0 Å². The molecule has 0 saturated heterocycles. The van der Waals surface area contributed by atoms with Gasteiger partial charge in [0, 0.05) is 24.5 Å². The average Bonchev–Trinajstić information content (AvgIpc) is 2.55. The molecule has 1 atom stereocenters. The van der Waals surface area contributed by atoms with Gasteiger partial charge in [0.15, 0.2) is 11.5 Å². The van der Waals surface area contributed by atoms with Gasteiger partial charge in [-0.25, -0.2) is 4.57 Å². The highest BCUT2D eigenvalue weighted by atomic mass is 31.2. The van der Waals surface area contributed by atoms with Crippen LogP contribution in [0.1, 0.15) is 0 Å². The lowest BCUT2D eigenvalue weighted by Gasteiger charge is -2.16. The molecule has 0 bridgehead atoms. The minimum Gasteiger partial charge on any atom is -0.502 e. The number of hydrogen-bond donors (Lipinski definition) is 3.